The van der Waals surface area contributed by atoms with E-state index >= 15 is 0 Å². The second-order valence-electron chi connectivity index (χ2n) is 4.01. The predicted molar refractivity (Wildman–Crippen MR) is 60.4 cm³/mol. The van der Waals surface area contributed by atoms with Gasteiger partial charge < -0.3 is 10.1 Å². The van der Waals surface area contributed by atoms with Crippen LogP contribution in [0.1, 0.15) is 17.2 Å². The molecular weight excluding hydrogens is 320 g/mol. The first kappa shape index (κ1) is 17.8. The van der Waals surface area contributed by atoms with Gasteiger partial charge in [0.15, 0.2) is 6.04 Å². The normalized spacial score (nSPS) is 13.4. The highest BCUT2D eigenvalue weighted by atomic mass is 19.4. The molecule has 0 bridgehead atoms. The van der Waals surface area contributed by atoms with Crippen molar-refractivity contribution in [2.75, 3.05) is 7.11 Å². The Balaban J connectivity index is 3.31. The molecule has 4 nitrogen and oxygen atoms in total. The first-order valence-electron chi connectivity index (χ1n) is 5.60. The molecule has 0 aliphatic heterocycles. The number of esters is 1. The predicted octanol–water partition coefficient (Wildman–Crippen LogP) is 2.60. The van der Waals surface area contributed by atoms with E-state index in [1.807, 2.05) is 0 Å². The number of methoxy groups -OCH3 is 1. The Morgan fingerprint density at radius 2 is 1.64 bits per heavy atom. The zero-order valence-corrected chi connectivity index (χ0v) is 10.9. The average Bonchev–Trinajstić information content (AvgIpc) is 2.41. The second kappa shape index (κ2) is 6.24. The molecule has 1 aromatic carbocycles. The highest BCUT2D eigenvalue weighted by Crippen LogP contribution is 2.35. The lowest BCUT2D eigenvalue weighted by Crippen LogP contribution is -2.42. The maximum absolute atomic E-state index is 12.9. The van der Waals surface area contributed by atoms with E-state index in [2.05, 4.69) is 4.74 Å². The standard InChI is InChI=1S/C12H9F6NO3/c1-22-9(20)8(19-10(21)12(16,17)18)6-4-2-3-5-7(6)11(13,14)15/h2-5,8H,1H3,(H,19,21). The number of ether oxygens (including phenoxy) is 1. The van der Waals surface area contributed by atoms with Crippen LogP contribution >= 0.6 is 0 Å². The van der Waals surface area contributed by atoms with Crippen molar-refractivity contribution in [2.24, 2.45) is 0 Å². The van der Waals surface area contributed by atoms with Gasteiger partial charge in [-0.1, -0.05) is 18.2 Å². The molecule has 1 aromatic rings. The third kappa shape index (κ3) is 4.12. The molecule has 122 valence electrons. The number of amides is 1. The van der Waals surface area contributed by atoms with E-state index in [9.17, 15) is 35.9 Å². The number of hydrogen-bond acceptors (Lipinski definition) is 3. The number of halogens is 6. The van der Waals surface area contributed by atoms with Crippen LogP contribution in [0.4, 0.5) is 26.3 Å². The maximum Gasteiger partial charge on any atom is 0.471 e. The molecule has 0 aliphatic rings. The molecule has 0 aromatic heterocycles. The van der Waals surface area contributed by atoms with Gasteiger partial charge in [0.1, 0.15) is 0 Å². The quantitative estimate of drug-likeness (QED) is 0.685. The van der Waals surface area contributed by atoms with Gasteiger partial charge in [-0.25, -0.2) is 4.79 Å². The van der Waals surface area contributed by atoms with E-state index in [4.69, 9.17) is 0 Å². The third-order valence-electron chi connectivity index (χ3n) is 2.55. The third-order valence-corrected chi connectivity index (χ3v) is 2.55. The largest absolute Gasteiger partial charge is 0.471 e. The van der Waals surface area contributed by atoms with Gasteiger partial charge in [-0.15, -0.1) is 0 Å². The van der Waals surface area contributed by atoms with E-state index in [0.717, 1.165) is 25.3 Å². The molecule has 1 amide bonds. The fourth-order valence-corrected chi connectivity index (χ4v) is 1.60. The van der Waals surface area contributed by atoms with E-state index in [1.165, 1.54) is 5.32 Å². The summed E-state index contributed by atoms with van der Waals surface area (Å²) in [4.78, 5) is 22.4. The monoisotopic (exact) mass is 329 g/mol. The Morgan fingerprint density at radius 1 is 1.09 bits per heavy atom. The van der Waals surface area contributed by atoms with Gasteiger partial charge in [0, 0.05) is 0 Å². The van der Waals surface area contributed by atoms with Crippen molar-refractivity contribution >= 4 is 11.9 Å². The molecule has 1 unspecified atom stereocenters. The molecule has 1 rings (SSSR count). The second-order valence-corrected chi connectivity index (χ2v) is 4.01. The van der Waals surface area contributed by atoms with Crippen LogP contribution in [0.25, 0.3) is 0 Å². The lowest BCUT2D eigenvalue weighted by molar-refractivity contribution is -0.176. The number of benzene rings is 1. The number of nitrogens with one attached hydrogen (secondary N) is 1. The SMILES string of the molecule is COC(=O)C(NC(=O)C(F)(F)F)c1ccccc1C(F)(F)F. The molecule has 0 radical (unpaired) electrons. The molecule has 0 saturated heterocycles. The van der Waals surface area contributed by atoms with Gasteiger partial charge in [0.2, 0.25) is 0 Å². The summed E-state index contributed by atoms with van der Waals surface area (Å²) in [5.74, 6) is -4.02. The zero-order chi connectivity index (χ0) is 17.1. The fourth-order valence-electron chi connectivity index (χ4n) is 1.60. The Labute approximate surface area is 120 Å². The summed E-state index contributed by atoms with van der Waals surface area (Å²) in [6.07, 6.45) is -10.3. The highest BCUT2D eigenvalue weighted by Gasteiger charge is 2.43. The lowest BCUT2D eigenvalue weighted by atomic mass is 9.99. The van der Waals surface area contributed by atoms with Crippen molar-refractivity contribution in [3.05, 3.63) is 35.4 Å². The van der Waals surface area contributed by atoms with E-state index in [1.54, 1.807) is 0 Å². The van der Waals surface area contributed by atoms with Crippen LogP contribution in [-0.2, 0) is 20.5 Å². The van der Waals surface area contributed by atoms with Crippen molar-refractivity contribution in [2.45, 2.75) is 18.4 Å². The summed E-state index contributed by atoms with van der Waals surface area (Å²) in [7, 11) is 0.769. The summed E-state index contributed by atoms with van der Waals surface area (Å²) in [6.45, 7) is 0. The molecular formula is C12H9F6NO3. The van der Waals surface area contributed by atoms with Gasteiger partial charge >= 0.3 is 24.2 Å². The number of carbonyl (C=O) groups is 2. The van der Waals surface area contributed by atoms with Crippen LogP contribution in [0.15, 0.2) is 24.3 Å². The molecule has 0 aliphatic carbocycles. The van der Waals surface area contributed by atoms with Crippen LogP contribution in [-0.4, -0.2) is 25.2 Å². The zero-order valence-electron chi connectivity index (χ0n) is 10.9. The summed E-state index contributed by atoms with van der Waals surface area (Å²) in [5.41, 5.74) is -2.20. The molecule has 0 fully saturated rings. The molecule has 0 saturated carbocycles. The number of hydrogen-bond donors (Lipinski definition) is 1. The molecule has 1 atom stereocenters. The minimum absolute atomic E-state index is 0.574. The molecule has 0 heterocycles. The number of carbonyl (C=O) groups excluding carboxylic acids is 2. The summed E-state index contributed by atoms with van der Waals surface area (Å²) in [5, 5.41) is 1.20. The van der Waals surface area contributed by atoms with Crippen molar-refractivity contribution in [1.29, 1.82) is 0 Å². The van der Waals surface area contributed by atoms with Crippen molar-refractivity contribution in [1.82, 2.24) is 5.32 Å². The fraction of sp³-hybridized carbons (Fsp3) is 0.333. The summed E-state index contributed by atoms with van der Waals surface area (Å²) in [6, 6.07) is 1.19. The number of alkyl halides is 6. The number of rotatable bonds is 3. The molecule has 10 heteroatoms. The van der Waals surface area contributed by atoms with Gasteiger partial charge in [-0.2, -0.15) is 26.3 Å². The Hall–Kier alpha value is -2.26. The van der Waals surface area contributed by atoms with Crippen LogP contribution in [0.3, 0.4) is 0 Å². The van der Waals surface area contributed by atoms with Crippen molar-refractivity contribution < 1.29 is 40.7 Å². The van der Waals surface area contributed by atoms with Crippen LogP contribution in [0.2, 0.25) is 0 Å². The summed E-state index contributed by atoms with van der Waals surface area (Å²) >= 11 is 0. The van der Waals surface area contributed by atoms with Gasteiger partial charge in [-0.3, -0.25) is 4.79 Å². The van der Waals surface area contributed by atoms with Gasteiger partial charge in [0.05, 0.1) is 12.7 Å². The minimum atomic E-state index is -5.36. The van der Waals surface area contributed by atoms with E-state index < -0.39 is 41.4 Å². The minimum Gasteiger partial charge on any atom is -0.467 e. The Bertz CT molecular complexity index is 567. The topological polar surface area (TPSA) is 55.4 Å². The summed E-state index contributed by atoms with van der Waals surface area (Å²) < 4.78 is 79.5. The average molecular weight is 329 g/mol. The van der Waals surface area contributed by atoms with Gasteiger partial charge in [0.25, 0.3) is 0 Å². The molecule has 22 heavy (non-hydrogen) atoms. The lowest BCUT2D eigenvalue weighted by Gasteiger charge is -2.21. The molecule has 0 spiro atoms. The van der Waals surface area contributed by atoms with Gasteiger partial charge in [-0.05, 0) is 11.6 Å². The smallest absolute Gasteiger partial charge is 0.467 e. The Kier molecular flexibility index (Phi) is 5.05. The Morgan fingerprint density at radius 3 is 2.09 bits per heavy atom. The van der Waals surface area contributed by atoms with Crippen molar-refractivity contribution in [3.8, 4) is 0 Å². The van der Waals surface area contributed by atoms with Crippen LogP contribution < -0.4 is 5.32 Å². The van der Waals surface area contributed by atoms with Crippen LogP contribution in [0, 0.1) is 0 Å². The molecule has 1 N–H and O–H groups in total. The highest BCUT2D eigenvalue weighted by molar-refractivity contribution is 5.88. The first-order valence-corrected chi connectivity index (χ1v) is 5.60. The van der Waals surface area contributed by atoms with Crippen LogP contribution in [0.5, 0.6) is 0 Å². The van der Waals surface area contributed by atoms with E-state index in [-0.39, 0.29) is 0 Å². The first-order chi connectivity index (χ1) is 9.98. The maximum atomic E-state index is 12.9. The van der Waals surface area contributed by atoms with E-state index in [0.29, 0.717) is 6.07 Å². The van der Waals surface area contributed by atoms with Crippen molar-refractivity contribution in [3.63, 3.8) is 0 Å².